The molecule has 1 aromatic heterocycles. The van der Waals surface area contributed by atoms with Crippen molar-refractivity contribution in [2.45, 2.75) is 4.21 Å². The van der Waals surface area contributed by atoms with Crippen LogP contribution in [0.4, 0.5) is 5.69 Å². The number of thiophene rings is 1. The Morgan fingerprint density at radius 1 is 1.63 bits per heavy atom. The SMILES string of the molecule is C#CCSCCNS(=O)(=O)c1cc([N+](=O)[O-])c(Cl)s1. The van der Waals surface area contributed by atoms with Crippen LogP contribution in [0.25, 0.3) is 0 Å². The van der Waals surface area contributed by atoms with Gasteiger partial charge in [-0.3, -0.25) is 10.1 Å². The Morgan fingerprint density at radius 2 is 2.32 bits per heavy atom. The average molecular weight is 341 g/mol. The van der Waals surface area contributed by atoms with E-state index >= 15 is 0 Å². The van der Waals surface area contributed by atoms with Gasteiger partial charge in [0.15, 0.2) is 4.34 Å². The van der Waals surface area contributed by atoms with Gasteiger partial charge in [-0.1, -0.05) is 17.5 Å². The highest BCUT2D eigenvalue weighted by atomic mass is 35.5. The van der Waals surface area contributed by atoms with Crippen LogP contribution in [0.2, 0.25) is 4.34 Å². The van der Waals surface area contributed by atoms with Crippen LogP contribution in [0.15, 0.2) is 10.3 Å². The molecule has 1 heterocycles. The molecule has 0 fully saturated rings. The van der Waals surface area contributed by atoms with Crippen LogP contribution in [0.3, 0.4) is 0 Å². The Hall–Kier alpha value is -0.790. The van der Waals surface area contributed by atoms with E-state index in [-0.39, 0.29) is 15.1 Å². The number of hydrogen-bond donors (Lipinski definition) is 1. The molecule has 1 aromatic rings. The van der Waals surface area contributed by atoms with Crippen molar-refractivity contribution < 1.29 is 13.3 Å². The van der Waals surface area contributed by atoms with Crippen molar-refractivity contribution in [3.8, 4) is 12.3 Å². The smallest absolute Gasteiger partial charge is 0.258 e. The number of thioether (sulfide) groups is 1. The Morgan fingerprint density at radius 3 is 2.84 bits per heavy atom. The summed E-state index contributed by atoms with van der Waals surface area (Å²) in [5.41, 5.74) is -0.409. The maximum atomic E-state index is 11.8. The van der Waals surface area contributed by atoms with Gasteiger partial charge in [0.25, 0.3) is 5.69 Å². The van der Waals surface area contributed by atoms with Crippen LogP contribution in [-0.4, -0.2) is 31.4 Å². The monoisotopic (exact) mass is 340 g/mol. The fraction of sp³-hybridized carbons (Fsp3) is 0.333. The first kappa shape index (κ1) is 16.3. The number of nitro groups is 1. The van der Waals surface area contributed by atoms with E-state index < -0.39 is 20.6 Å². The summed E-state index contributed by atoms with van der Waals surface area (Å²) in [6, 6.07) is 0.948. The minimum absolute atomic E-state index is 0.160. The highest BCUT2D eigenvalue weighted by molar-refractivity contribution is 7.99. The molecule has 19 heavy (non-hydrogen) atoms. The summed E-state index contributed by atoms with van der Waals surface area (Å²) in [7, 11) is -3.77. The van der Waals surface area contributed by atoms with Gasteiger partial charge in [-0.2, -0.15) is 0 Å². The zero-order valence-electron chi connectivity index (χ0n) is 9.46. The molecule has 0 bridgehead atoms. The van der Waals surface area contributed by atoms with Crippen molar-refractivity contribution in [3.05, 3.63) is 20.5 Å². The fourth-order valence-electron chi connectivity index (χ4n) is 1.05. The second-order valence-electron chi connectivity index (χ2n) is 3.14. The number of terminal acetylenes is 1. The Balaban J connectivity index is 2.70. The zero-order chi connectivity index (χ0) is 14.5. The van der Waals surface area contributed by atoms with Gasteiger partial charge >= 0.3 is 0 Å². The van der Waals surface area contributed by atoms with Crippen LogP contribution in [0.5, 0.6) is 0 Å². The molecule has 0 unspecified atom stereocenters. The van der Waals surface area contributed by atoms with Crippen LogP contribution in [0.1, 0.15) is 0 Å². The summed E-state index contributed by atoms with van der Waals surface area (Å²) < 4.78 is 25.6. The number of hydrogen-bond acceptors (Lipinski definition) is 6. The van der Waals surface area contributed by atoms with E-state index in [2.05, 4.69) is 10.6 Å². The summed E-state index contributed by atoms with van der Waals surface area (Å²) in [4.78, 5) is 9.86. The molecule has 0 spiro atoms. The Labute approximate surface area is 123 Å². The number of nitrogens with one attached hydrogen (secondary N) is 1. The number of sulfonamides is 1. The first-order valence-electron chi connectivity index (χ1n) is 4.83. The van der Waals surface area contributed by atoms with Gasteiger partial charge in [0, 0.05) is 18.4 Å². The Bertz CT molecular complexity index is 605. The van der Waals surface area contributed by atoms with Crippen molar-refractivity contribution in [1.82, 2.24) is 4.72 Å². The minimum atomic E-state index is -3.77. The molecule has 1 rings (SSSR count). The van der Waals surface area contributed by atoms with Gasteiger partial charge in [-0.05, 0) is 0 Å². The number of rotatable bonds is 7. The van der Waals surface area contributed by atoms with E-state index in [1.807, 2.05) is 0 Å². The fourth-order valence-corrected chi connectivity index (χ4v) is 4.42. The maximum Gasteiger partial charge on any atom is 0.300 e. The van der Waals surface area contributed by atoms with E-state index in [1.165, 1.54) is 11.8 Å². The highest BCUT2D eigenvalue weighted by Gasteiger charge is 2.24. The quantitative estimate of drug-likeness (QED) is 0.354. The van der Waals surface area contributed by atoms with Crippen molar-refractivity contribution in [2.24, 2.45) is 0 Å². The van der Waals surface area contributed by atoms with E-state index in [4.69, 9.17) is 18.0 Å². The van der Waals surface area contributed by atoms with Crippen LogP contribution >= 0.6 is 34.7 Å². The van der Waals surface area contributed by atoms with E-state index in [0.717, 1.165) is 6.07 Å². The summed E-state index contributed by atoms with van der Waals surface area (Å²) in [6.45, 7) is 0.192. The van der Waals surface area contributed by atoms with Crippen LogP contribution < -0.4 is 4.72 Å². The molecule has 10 heteroatoms. The predicted octanol–water partition coefficient (Wildman–Crippen LogP) is 1.95. The molecule has 1 N–H and O–H groups in total. The summed E-state index contributed by atoms with van der Waals surface area (Å²) in [6.07, 6.45) is 5.05. The molecule has 0 aliphatic rings. The molecule has 104 valence electrons. The van der Waals surface area contributed by atoms with E-state index in [9.17, 15) is 18.5 Å². The molecule has 0 amide bonds. The van der Waals surface area contributed by atoms with Crippen LogP contribution in [0, 0.1) is 22.5 Å². The summed E-state index contributed by atoms with van der Waals surface area (Å²) in [5.74, 6) is 3.43. The largest absolute Gasteiger partial charge is 0.300 e. The second kappa shape index (κ2) is 7.12. The molecule has 0 aromatic carbocycles. The first-order chi connectivity index (χ1) is 8.88. The second-order valence-corrected chi connectivity index (χ2v) is 7.89. The highest BCUT2D eigenvalue weighted by Crippen LogP contribution is 2.35. The number of halogens is 1. The molecule has 0 aliphatic carbocycles. The number of nitrogens with zero attached hydrogens (tertiary/aromatic N) is 1. The molecular weight excluding hydrogens is 332 g/mol. The van der Waals surface area contributed by atoms with Gasteiger partial charge in [-0.15, -0.1) is 29.5 Å². The predicted molar refractivity (Wildman–Crippen MR) is 77.3 cm³/mol. The van der Waals surface area contributed by atoms with Gasteiger partial charge in [0.1, 0.15) is 4.21 Å². The van der Waals surface area contributed by atoms with Crippen molar-refractivity contribution in [1.29, 1.82) is 0 Å². The summed E-state index contributed by atoms with van der Waals surface area (Å²) in [5, 5.41) is 10.6. The Kier molecular flexibility index (Phi) is 6.09. The standard InChI is InChI=1S/C9H9ClN2O4S3/c1-2-4-17-5-3-11-19(15,16)8-6-7(12(13)14)9(10)18-8/h1,6,11H,3-5H2. The van der Waals surface area contributed by atoms with Crippen molar-refractivity contribution >= 4 is 50.4 Å². The van der Waals surface area contributed by atoms with Gasteiger partial charge in [-0.25, -0.2) is 13.1 Å². The van der Waals surface area contributed by atoms with Gasteiger partial charge < -0.3 is 0 Å². The molecule has 0 saturated heterocycles. The minimum Gasteiger partial charge on any atom is -0.258 e. The van der Waals surface area contributed by atoms with Crippen LogP contribution in [-0.2, 0) is 10.0 Å². The molecular formula is C9H9ClN2O4S3. The molecule has 0 saturated carbocycles. The van der Waals surface area contributed by atoms with Crippen molar-refractivity contribution in [3.63, 3.8) is 0 Å². The van der Waals surface area contributed by atoms with Crippen molar-refractivity contribution in [2.75, 3.05) is 18.1 Å². The molecule has 0 radical (unpaired) electrons. The van der Waals surface area contributed by atoms with Gasteiger partial charge in [0.05, 0.1) is 10.7 Å². The third kappa shape index (κ3) is 4.67. The molecule has 0 aliphatic heterocycles. The first-order valence-corrected chi connectivity index (χ1v) is 8.66. The topological polar surface area (TPSA) is 89.3 Å². The van der Waals surface area contributed by atoms with E-state index in [1.54, 1.807) is 0 Å². The lowest BCUT2D eigenvalue weighted by molar-refractivity contribution is -0.384. The van der Waals surface area contributed by atoms with E-state index in [0.29, 0.717) is 22.8 Å². The lowest BCUT2D eigenvalue weighted by atomic mass is 10.6. The lowest BCUT2D eigenvalue weighted by Gasteiger charge is -2.02. The third-order valence-electron chi connectivity index (χ3n) is 1.83. The average Bonchev–Trinajstić information content (AvgIpc) is 2.72. The zero-order valence-corrected chi connectivity index (χ0v) is 12.7. The molecule has 6 nitrogen and oxygen atoms in total. The normalized spacial score (nSPS) is 11.2. The van der Waals surface area contributed by atoms with Gasteiger partial charge in [0.2, 0.25) is 10.0 Å². The molecule has 0 atom stereocenters. The third-order valence-corrected chi connectivity index (χ3v) is 5.97. The lowest BCUT2D eigenvalue weighted by Crippen LogP contribution is -2.25. The maximum absolute atomic E-state index is 11.8. The summed E-state index contributed by atoms with van der Waals surface area (Å²) >= 11 is 7.67.